The van der Waals surface area contributed by atoms with Crippen LogP contribution >= 0.6 is 0 Å². The highest BCUT2D eigenvalue weighted by Gasteiger charge is 2.17. The SMILES string of the molecule is CCC(C)(C)NC(=O)CNC(C)CC(C)O. The Balaban J connectivity index is 3.81. The second-order valence-electron chi connectivity index (χ2n) is 5.15. The summed E-state index contributed by atoms with van der Waals surface area (Å²) in [6.07, 6.45) is 1.23. The second-order valence-corrected chi connectivity index (χ2v) is 5.15. The summed E-state index contributed by atoms with van der Waals surface area (Å²) < 4.78 is 0. The van der Waals surface area contributed by atoms with Gasteiger partial charge < -0.3 is 15.7 Å². The molecule has 0 heterocycles. The van der Waals surface area contributed by atoms with Gasteiger partial charge in [-0.3, -0.25) is 4.79 Å². The van der Waals surface area contributed by atoms with E-state index in [1.165, 1.54) is 0 Å². The lowest BCUT2D eigenvalue weighted by atomic mass is 10.0. The van der Waals surface area contributed by atoms with Gasteiger partial charge in [0.15, 0.2) is 0 Å². The Labute approximate surface area is 98.8 Å². The number of carbonyl (C=O) groups excluding carboxylic acids is 1. The molecule has 96 valence electrons. The highest BCUT2D eigenvalue weighted by Crippen LogP contribution is 2.06. The summed E-state index contributed by atoms with van der Waals surface area (Å²) in [5, 5.41) is 15.2. The third-order valence-electron chi connectivity index (χ3n) is 2.67. The van der Waals surface area contributed by atoms with Crippen molar-refractivity contribution in [1.82, 2.24) is 10.6 Å². The van der Waals surface area contributed by atoms with E-state index in [1.54, 1.807) is 6.92 Å². The maximum Gasteiger partial charge on any atom is 0.234 e. The minimum Gasteiger partial charge on any atom is -0.393 e. The second kappa shape index (κ2) is 6.86. The molecule has 0 aromatic heterocycles. The molecule has 0 aromatic rings. The summed E-state index contributed by atoms with van der Waals surface area (Å²) in [5.74, 6) is 0.00397. The fourth-order valence-electron chi connectivity index (χ4n) is 1.37. The number of rotatable bonds is 7. The molecule has 0 bridgehead atoms. The van der Waals surface area contributed by atoms with Crippen LogP contribution in [0.5, 0.6) is 0 Å². The molecule has 4 heteroatoms. The van der Waals surface area contributed by atoms with Gasteiger partial charge >= 0.3 is 0 Å². The molecular weight excluding hydrogens is 204 g/mol. The Bertz CT molecular complexity index is 215. The predicted molar refractivity (Wildman–Crippen MR) is 66.3 cm³/mol. The molecule has 0 fully saturated rings. The highest BCUT2D eigenvalue weighted by atomic mass is 16.3. The van der Waals surface area contributed by atoms with Crippen LogP contribution in [0.4, 0.5) is 0 Å². The van der Waals surface area contributed by atoms with Crippen molar-refractivity contribution in [3.63, 3.8) is 0 Å². The van der Waals surface area contributed by atoms with Gasteiger partial charge in [0.2, 0.25) is 5.91 Å². The van der Waals surface area contributed by atoms with Crippen molar-refractivity contribution >= 4 is 5.91 Å². The van der Waals surface area contributed by atoms with E-state index in [0.29, 0.717) is 13.0 Å². The molecule has 4 nitrogen and oxygen atoms in total. The first-order valence-electron chi connectivity index (χ1n) is 5.99. The number of nitrogens with one attached hydrogen (secondary N) is 2. The fourth-order valence-corrected chi connectivity index (χ4v) is 1.37. The maximum atomic E-state index is 11.6. The van der Waals surface area contributed by atoms with E-state index >= 15 is 0 Å². The Hall–Kier alpha value is -0.610. The first kappa shape index (κ1) is 15.4. The first-order valence-corrected chi connectivity index (χ1v) is 5.99. The van der Waals surface area contributed by atoms with Crippen LogP contribution in [-0.4, -0.2) is 35.2 Å². The number of aliphatic hydroxyl groups is 1. The van der Waals surface area contributed by atoms with Crippen LogP contribution < -0.4 is 10.6 Å². The Morgan fingerprint density at radius 1 is 1.38 bits per heavy atom. The lowest BCUT2D eigenvalue weighted by Gasteiger charge is -2.25. The van der Waals surface area contributed by atoms with E-state index in [1.807, 2.05) is 27.7 Å². The van der Waals surface area contributed by atoms with Gasteiger partial charge in [-0.2, -0.15) is 0 Å². The van der Waals surface area contributed by atoms with Crippen molar-refractivity contribution in [3.05, 3.63) is 0 Å². The standard InChI is InChI=1S/C12H26N2O2/c1-6-12(4,5)14-11(16)8-13-9(2)7-10(3)15/h9-10,13,15H,6-8H2,1-5H3,(H,14,16). The third-order valence-corrected chi connectivity index (χ3v) is 2.67. The van der Waals surface area contributed by atoms with E-state index in [4.69, 9.17) is 0 Å². The molecule has 16 heavy (non-hydrogen) atoms. The van der Waals surface area contributed by atoms with E-state index in [2.05, 4.69) is 10.6 Å². The molecule has 0 aliphatic rings. The van der Waals surface area contributed by atoms with Crippen molar-refractivity contribution in [2.45, 2.75) is 65.1 Å². The van der Waals surface area contributed by atoms with Gasteiger partial charge in [0.05, 0.1) is 12.6 Å². The number of hydrogen-bond acceptors (Lipinski definition) is 3. The van der Waals surface area contributed by atoms with Gasteiger partial charge in [-0.1, -0.05) is 6.92 Å². The Morgan fingerprint density at radius 3 is 2.38 bits per heavy atom. The summed E-state index contributed by atoms with van der Waals surface area (Å²) in [6, 6.07) is 0.149. The van der Waals surface area contributed by atoms with Crippen molar-refractivity contribution in [3.8, 4) is 0 Å². The monoisotopic (exact) mass is 230 g/mol. The largest absolute Gasteiger partial charge is 0.393 e. The lowest BCUT2D eigenvalue weighted by Crippen LogP contribution is -2.47. The molecule has 2 unspecified atom stereocenters. The average Bonchev–Trinajstić information content (AvgIpc) is 2.13. The van der Waals surface area contributed by atoms with Crippen LogP contribution in [0.15, 0.2) is 0 Å². The smallest absolute Gasteiger partial charge is 0.234 e. The van der Waals surface area contributed by atoms with E-state index in [0.717, 1.165) is 6.42 Å². The van der Waals surface area contributed by atoms with E-state index < -0.39 is 0 Å². The van der Waals surface area contributed by atoms with Crippen LogP contribution in [-0.2, 0) is 4.79 Å². The molecule has 0 aliphatic heterocycles. The van der Waals surface area contributed by atoms with Crippen LogP contribution in [0, 0.1) is 0 Å². The van der Waals surface area contributed by atoms with Crippen molar-refractivity contribution < 1.29 is 9.90 Å². The topological polar surface area (TPSA) is 61.4 Å². The van der Waals surface area contributed by atoms with Gasteiger partial charge in [0.1, 0.15) is 0 Å². The summed E-state index contributed by atoms with van der Waals surface area (Å²) >= 11 is 0. The Morgan fingerprint density at radius 2 is 1.94 bits per heavy atom. The van der Waals surface area contributed by atoms with Gasteiger partial charge in [0, 0.05) is 11.6 Å². The average molecular weight is 230 g/mol. The first-order chi connectivity index (χ1) is 7.26. The number of amides is 1. The lowest BCUT2D eigenvalue weighted by molar-refractivity contribution is -0.122. The number of carbonyl (C=O) groups is 1. The van der Waals surface area contributed by atoms with Crippen LogP contribution in [0.3, 0.4) is 0 Å². The molecule has 1 amide bonds. The highest BCUT2D eigenvalue weighted by molar-refractivity contribution is 5.78. The molecule has 0 aromatic carbocycles. The fraction of sp³-hybridized carbons (Fsp3) is 0.917. The van der Waals surface area contributed by atoms with Crippen molar-refractivity contribution in [2.75, 3.05) is 6.54 Å². The summed E-state index contributed by atoms with van der Waals surface area (Å²) in [7, 11) is 0. The van der Waals surface area contributed by atoms with Gasteiger partial charge in [-0.05, 0) is 40.5 Å². The normalized spacial score (nSPS) is 15.6. The minimum atomic E-state index is -0.336. The zero-order valence-electron chi connectivity index (χ0n) is 11.1. The number of hydrogen-bond donors (Lipinski definition) is 3. The van der Waals surface area contributed by atoms with Crippen LogP contribution in [0.2, 0.25) is 0 Å². The molecule has 2 atom stereocenters. The van der Waals surface area contributed by atoms with Crippen LogP contribution in [0.1, 0.15) is 47.5 Å². The predicted octanol–water partition coefficient (Wildman–Crippen LogP) is 1.04. The molecule has 0 spiro atoms. The molecule has 0 aliphatic carbocycles. The van der Waals surface area contributed by atoms with Gasteiger partial charge in [-0.25, -0.2) is 0 Å². The summed E-state index contributed by atoms with van der Waals surface area (Å²) in [4.78, 5) is 11.6. The Kier molecular flexibility index (Phi) is 6.60. The third kappa shape index (κ3) is 7.65. The zero-order valence-corrected chi connectivity index (χ0v) is 11.1. The van der Waals surface area contributed by atoms with Crippen molar-refractivity contribution in [1.29, 1.82) is 0 Å². The minimum absolute atomic E-state index is 0.00397. The maximum absolute atomic E-state index is 11.6. The van der Waals surface area contributed by atoms with Gasteiger partial charge in [0.25, 0.3) is 0 Å². The molecule has 0 radical (unpaired) electrons. The zero-order chi connectivity index (χ0) is 12.8. The summed E-state index contributed by atoms with van der Waals surface area (Å²) in [6.45, 7) is 10.1. The molecular formula is C12H26N2O2. The van der Waals surface area contributed by atoms with E-state index in [9.17, 15) is 9.90 Å². The van der Waals surface area contributed by atoms with E-state index in [-0.39, 0.29) is 23.6 Å². The molecule has 0 rings (SSSR count). The summed E-state index contributed by atoms with van der Waals surface area (Å²) in [5.41, 5.74) is -0.147. The van der Waals surface area contributed by atoms with Gasteiger partial charge in [-0.15, -0.1) is 0 Å². The molecule has 3 N–H and O–H groups in total. The van der Waals surface area contributed by atoms with Crippen LogP contribution in [0.25, 0.3) is 0 Å². The number of aliphatic hydroxyl groups excluding tert-OH is 1. The quantitative estimate of drug-likeness (QED) is 0.612. The molecule has 0 saturated carbocycles. The molecule has 0 saturated heterocycles. The van der Waals surface area contributed by atoms with Crippen molar-refractivity contribution in [2.24, 2.45) is 0 Å².